The molecule has 0 amide bonds. The third kappa shape index (κ3) is 9.41. The highest BCUT2D eigenvalue weighted by Crippen LogP contribution is 2.55. The summed E-state index contributed by atoms with van der Waals surface area (Å²) >= 11 is 2.04. The van der Waals surface area contributed by atoms with Crippen molar-refractivity contribution in [3.63, 3.8) is 0 Å². The maximum atomic E-state index is 2.70. The van der Waals surface area contributed by atoms with Gasteiger partial charge in [-0.15, -0.1) is 11.3 Å². The summed E-state index contributed by atoms with van der Waals surface area (Å²) in [5, 5.41) is 3.04. The topological polar surface area (TPSA) is 9.72 Å². The van der Waals surface area contributed by atoms with E-state index in [2.05, 4.69) is 299 Å². The molecule has 0 saturated heterocycles. The van der Waals surface area contributed by atoms with Crippen molar-refractivity contribution >= 4 is 108 Å². The summed E-state index contributed by atoms with van der Waals surface area (Å²) in [4.78, 5) is 7.94. The molecule has 0 radical (unpaired) electrons. The van der Waals surface area contributed by atoms with Gasteiger partial charge in [0.1, 0.15) is 0 Å². The van der Waals surface area contributed by atoms with E-state index in [9.17, 15) is 0 Å². The zero-order valence-electron chi connectivity index (χ0n) is 52.5. The van der Waals surface area contributed by atoms with E-state index in [1.54, 1.807) is 0 Å². The molecule has 414 valence electrons. The molecule has 0 spiro atoms. The molecule has 0 N–H and O–H groups in total. The van der Waals surface area contributed by atoms with Crippen LogP contribution in [0, 0.1) is 0 Å². The minimum absolute atomic E-state index is 0.00221. The molecule has 2 aliphatic heterocycles. The molecule has 8 aromatic rings. The Morgan fingerprint density at radius 1 is 0.475 bits per heavy atom. The number of fused-ring (bicyclic) bond motifs is 7. The third-order valence-corrected chi connectivity index (χ3v) is 26.1. The van der Waals surface area contributed by atoms with Crippen molar-refractivity contribution in [2.75, 3.05) is 14.7 Å². The highest BCUT2D eigenvalue weighted by molar-refractivity contribution is 7.33. The van der Waals surface area contributed by atoms with Crippen molar-refractivity contribution in [2.45, 2.75) is 195 Å². The van der Waals surface area contributed by atoms with Crippen LogP contribution in [-0.4, -0.2) is 14.8 Å². The number of thiophene rings is 1. The van der Waals surface area contributed by atoms with Crippen LogP contribution in [0.3, 0.4) is 0 Å². The summed E-state index contributed by atoms with van der Waals surface area (Å²) in [6.07, 6.45) is 2.35. The van der Waals surface area contributed by atoms with Crippen LogP contribution in [0.4, 0.5) is 51.2 Å². The van der Waals surface area contributed by atoms with Crippen LogP contribution >= 0.6 is 11.3 Å². The molecule has 11 rings (SSSR count). The molecule has 0 atom stereocenters. The first-order chi connectivity index (χ1) is 37.1. The molecule has 7 aromatic carbocycles. The van der Waals surface area contributed by atoms with Gasteiger partial charge in [-0.05, 0) is 174 Å². The summed E-state index contributed by atoms with van der Waals surface area (Å²) in [6.45, 7) is 50.6. The number of para-hydroxylation sites is 1. The maximum absolute atomic E-state index is 2.70. The van der Waals surface area contributed by atoms with E-state index >= 15 is 0 Å². The fourth-order valence-corrected chi connectivity index (χ4v) is 16.1. The van der Waals surface area contributed by atoms with Gasteiger partial charge < -0.3 is 14.7 Å². The summed E-state index contributed by atoms with van der Waals surface area (Å²) in [5.41, 5.74) is 21.8. The number of anilines is 9. The van der Waals surface area contributed by atoms with Crippen molar-refractivity contribution in [3.05, 3.63) is 173 Å². The van der Waals surface area contributed by atoms with E-state index in [1.807, 2.05) is 11.3 Å². The molecule has 0 fully saturated rings. The van der Waals surface area contributed by atoms with Crippen molar-refractivity contribution in [2.24, 2.45) is 0 Å². The third-order valence-electron chi connectivity index (χ3n) is 19.4. The second-order valence-electron chi connectivity index (χ2n) is 31.2. The van der Waals surface area contributed by atoms with Crippen LogP contribution in [-0.2, 0) is 32.5 Å². The first kappa shape index (κ1) is 56.1. The first-order valence-corrected chi connectivity index (χ1v) is 33.6. The molecule has 3 nitrogen and oxygen atoms in total. The largest absolute Gasteiger partial charge is 0.311 e. The Morgan fingerprint density at radius 3 is 1.52 bits per heavy atom. The normalized spacial score (nSPS) is 16.1. The van der Waals surface area contributed by atoms with E-state index in [-0.39, 0.29) is 44.2 Å². The molecule has 1 aliphatic carbocycles. The van der Waals surface area contributed by atoms with Gasteiger partial charge in [0.2, 0.25) is 0 Å². The van der Waals surface area contributed by atoms with Crippen molar-refractivity contribution in [1.82, 2.24) is 0 Å². The van der Waals surface area contributed by atoms with E-state index in [0.29, 0.717) is 0 Å². The lowest BCUT2D eigenvalue weighted by Gasteiger charge is -2.45. The van der Waals surface area contributed by atoms with Crippen LogP contribution in [0.15, 0.2) is 140 Å². The molecule has 3 aliphatic rings. The zero-order chi connectivity index (χ0) is 57.8. The quantitative estimate of drug-likeness (QED) is 0.154. The van der Waals surface area contributed by atoms with E-state index < -0.39 is 8.07 Å². The average molecular weight is 1090 g/mol. The zero-order valence-corrected chi connectivity index (χ0v) is 54.3. The fourth-order valence-electron chi connectivity index (χ4n) is 12.9. The summed E-state index contributed by atoms with van der Waals surface area (Å²) in [7, 11) is -1.84. The second-order valence-corrected chi connectivity index (χ2v) is 37.6. The van der Waals surface area contributed by atoms with E-state index in [0.717, 1.165) is 17.1 Å². The first-order valence-electron chi connectivity index (χ1n) is 29.8. The van der Waals surface area contributed by atoms with Gasteiger partial charge >= 0.3 is 0 Å². The van der Waals surface area contributed by atoms with Crippen LogP contribution < -0.4 is 35.6 Å². The Labute approximate surface area is 488 Å². The van der Waals surface area contributed by atoms with Gasteiger partial charge in [0.15, 0.2) is 0 Å². The summed E-state index contributed by atoms with van der Waals surface area (Å²) in [6, 6.07) is 55.9. The maximum Gasteiger partial charge on any atom is 0.264 e. The Bertz CT molecular complexity index is 3680. The van der Waals surface area contributed by atoms with Gasteiger partial charge in [-0.3, -0.25) is 0 Å². The molecule has 0 saturated carbocycles. The Kier molecular flexibility index (Phi) is 13.0. The van der Waals surface area contributed by atoms with Crippen molar-refractivity contribution in [1.29, 1.82) is 0 Å². The summed E-state index contributed by atoms with van der Waals surface area (Å²) < 4.78 is 2.80. The van der Waals surface area contributed by atoms with Gasteiger partial charge in [-0.1, -0.05) is 210 Å². The smallest absolute Gasteiger partial charge is 0.264 e. The van der Waals surface area contributed by atoms with E-state index in [1.165, 1.54) is 111 Å². The van der Waals surface area contributed by atoms with Gasteiger partial charge in [0, 0.05) is 54.7 Å². The van der Waals surface area contributed by atoms with Crippen LogP contribution in [0.2, 0.25) is 18.1 Å². The number of hydrogen-bond acceptors (Lipinski definition) is 4. The molecular weight excluding hydrogens is 1000 g/mol. The monoisotopic (exact) mass is 1090 g/mol. The number of rotatable bonds is 6. The van der Waals surface area contributed by atoms with Crippen LogP contribution in [0.1, 0.15) is 178 Å². The minimum atomic E-state index is -1.84. The number of benzene rings is 7. The predicted octanol–water partition coefficient (Wildman–Crippen LogP) is 19.7. The van der Waals surface area contributed by atoms with Gasteiger partial charge in [-0.2, -0.15) is 0 Å². The molecule has 80 heavy (non-hydrogen) atoms. The van der Waals surface area contributed by atoms with Crippen molar-refractivity contribution in [3.8, 4) is 0 Å². The highest BCUT2D eigenvalue weighted by atomic mass is 32.1. The molecule has 3 heterocycles. The minimum Gasteiger partial charge on any atom is -0.311 e. The standard InChI is InChI=1S/C74H90BN3SSi/c1-68(2,3)47-27-30-53(31-28-47)78-63-44-55(76(51-25-23-22-24-26-51)52-32-34-56(35-33-52)80(20,21)72(13,14)15)43-62-65(63)75(67-66(78)57-45-58-59(46-64(57)79-67)74(18,19)38-37-73(58,16)17)60-36-29-48(69(4,5)6)42-61(60)77(62)54-40-49(70(7,8)9)39-50(41-54)71(10,11)12/h22-36,39-46H,37-38H2,1-21H3. The lowest BCUT2D eigenvalue weighted by Crippen LogP contribution is -2.60. The Hall–Kier alpha value is -5.82. The molecular formula is C74H90BN3SSi. The molecule has 0 bridgehead atoms. The lowest BCUT2D eigenvalue weighted by molar-refractivity contribution is 0.332. The number of nitrogens with zero attached hydrogens (tertiary/aromatic N) is 3. The molecule has 1 aromatic heterocycles. The average Bonchev–Trinajstić information content (AvgIpc) is 3.94. The van der Waals surface area contributed by atoms with E-state index in [4.69, 9.17) is 0 Å². The summed E-state index contributed by atoms with van der Waals surface area (Å²) in [5.74, 6) is 0. The lowest BCUT2D eigenvalue weighted by atomic mass is 9.36. The van der Waals surface area contributed by atoms with Crippen molar-refractivity contribution < 1.29 is 0 Å². The Balaban J connectivity index is 1.32. The number of hydrogen-bond donors (Lipinski definition) is 0. The highest BCUT2D eigenvalue weighted by Gasteiger charge is 2.48. The molecule has 6 heteroatoms. The van der Waals surface area contributed by atoms with Crippen LogP contribution in [0.5, 0.6) is 0 Å². The predicted molar refractivity (Wildman–Crippen MR) is 357 cm³/mol. The van der Waals surface area contributed by atoms with Crippen LogP contribution in [0.25, 0.3) is 10.1 Å². The van der Waals surface area contributed by atoms with Gasteiger partial charge in [0.25, 0.3) is 6.71 Å². The SMILES string of the molecule is CC(C)(C)c1ccc(N2c3cc(N(c4ccccc4)c4ccc([Si](C)(C)C(C)(C)C)cc4)cc4c3B(c3ccc(C(C)(C)C)cc3N4c3cc(C(C)(C)C)cc(C(C)(C)C)c3)c3sc4cc5c(cc4c32)C(C)(C)CCC5(C)C)cc1. The Morgan fingerprint density at radius 2 is 0.988 bits per heavy atom. The van der Waals surface area contributed by atoms with Gasteiger partial charge in [-0.25, -0.2) is 0 Å². The molecule has 0 unspecified atom stereocenters. The van der Waals surface area contributed by atoms with Gasteiger partial charge in [0.05, 0.1) is 19.4 Å². The second kappa shape index (κ2) is 18.6. The fraction of sp³-hybridized carbons (Fsp3) is 0.405.